The van der Waals surface area contributed by atoms with Crippen LogP contribution in [-0.2, 0) is 16.1 Å². The van der Waals surface area contributed by atoms with E-state index in [4.69, 9.17) is 21.1 Å². The molecule has 3 aromatic carbocycles. The maximum Gasteiger partial charge on any atom is 0.286 e. The van der Waals surface area contributed by atoms with Gasteiger partial charge in [-0.15, -0.1) is 0 Å². The number of amides is 3. The second-order valence-corrected chi connectivity index (χ2v) is 9.62. The molecule has 0 aromatic heterocycles. The first-order valence-electron chi connectivity index (χ1n) is 11.0. The summed E-state index contributed by atoms with van der Waals surface area (Å²) in [6, 6.07) is 21.9. The summed E-state index contributed by atoms with van der Waals surface area (Å²) in [6.45, 7) is 0.647. The fraction of sp³-hybridized carbons (Fsp3) is 0.192. The van der Waals surface area contributed by atoms with E-state index in [1.165, 1.54) is 0 Å². The monoisotopic (exact) mass is 508 g/mol. The topological polar surface area (TPSA) is 84.9 Å². The Labute approximate surface area is 211 Å². The molecule has 3 aromatic rings. The quantitative estimate of drug-likeness (QED) is 0.476. The van der Waals surface area contributed by atoms with Gasteiger partial charge in [-0.3, -0.25) is 19.7 Å². The summed E-state index contributed by atoms with van der Waals surface area (Å²) in [5.41, 5.74) is 2.37. The molecule has 35 heavy (non-hydrogen) atoms. The Morgan fingerprint density at radius 2 is 1.80 bits per heavy atom. The number of para-hydroxylation sites is 2. The number of anilines is 1. The second kappa shape index (κ2) is 10.0. The van der Waals surface area contributed by atoms with Gasteiger partial charge in [0.25, 0.3) is 11.1 Å². The van der Waals surface area contributed by atoms with Crippen LogP contribution in [0.25, 0.3) is 0 Å². The van der Waals surface area contributed by atoms with Gasteiger partial charge in [0.2, 0.25) is 5.91 Å². The number of hydrogen-bond donors (Lipinski definition) is 1. The third kappa shape index (κ3) is 5.13. The number of rotatable bonds is 7. The van der Waals surface area contributed by atoms with E-state index in [0.29, 0.717) is 29.5 Å². The lowest BCUT2D eigenvalue weighted by molar-refractivity contribution is -0.127. The van der Waals surface area contributed by atoms with Crippen LogP contribution in [0.2, 0.25) is 5.02 Å². The zero-order chi connectivity index (χ0) is 24.4. The van der Waals surface area contributed by atoms with Gasteiger partial charge >= 0.3 is 0 Å². The summed E-state index contributed by atoms with van der Waals surface area (Å²) in [5, 5.41) is 2.01. The molecule has 0 spiro atoms. The molecule has 1 fully saturated rings. The molecule has 2 aliphatic rings. The van der Waals surface area contributed by atoms with Gasteiger partial charge in [0.15, 0.2) is 6.10 Å². The lowest BCUT2D eigenvalue weighted by Gasteiger charge is -2.34. The number of imide groups is 1. The van der Waals surface area contributed by atoms with E-state index >= 15 is 0 Å². The number of carbonyl (C=O) groups is 3. The maximum absolute atomic E-state index is 13.3. The number of carbonyl (C=O) groups excluding carboxylic acids is 3. The predicted octanol–water partition coefficient (Wildman–Crippen LogP) is 5.13. The Hall–Kier alpha value is -3.49. The van der Waals surface area contributed by atoms with Crippen LogP contribution >= 0.6 is 23.4 Å². The van der Waals surface area contributed by atoms with Crippen molar-refractivity contribution in [3.8, 4) is 11.5 Å². The lowest BCUT2D eigenvalue weighted by Crippen LogP contribution is -2.46. The predicted molar refractivity (Wildman–Crippen MR) is 134 cm³/mol. The molecule has 0 radical (unpaired) electrons. The Morgan fingerprint density at radius 1 is 1.00 bits per heavy atom. The number of thioether (sulfide) groups is 1. The molecule has 2 heterocycles. The largest absolute Gasteiger partial charge is 0.493 e. The normalized spacial score (nSPS) is 19.2. The number of hydrogen-bond acceptors (Lipinski definition) is 6. The van der Waals surface area contributed by atoms with Crippen molar-refractivity contribution in [2.24, 2.45) is 0 Å². The first-order chi connectivity index (χ1) is 17.0. The highest BCUT2D eigenvalue weighted by Crippen LogP contribution is 2.36. The van der Waals surface area contributed by atoms with Crippen LogP contribution in [0, 0.1) is 0 Å². The highest BCUT2D eigenvalue weighted by Gasteiger charge is 2.35. The molecular formula is C26H21ClN2O5S. The standard InChI is InChI=1S/C26H21ClN2O5S/c27-18-5-3-4-16(14-18)15-29-20-6-1-2-7-21(20)34-22(25(29)31)12-13-33-19-10-8-17(9-11-19)23-24(30)28-26(32)35-23/h1-11,14,22-23H,12-13,15H2,(H,28,30,32). The molecule has 3 amide bonds. The van der Waals surface area contributed by atoms with Crippen molar-refractivity contribution in [2.75, 3.05) is 11.5 Å². The Balaban J connectivity index is 1.24. The zero-order valence-electron chi connectivity index (χ0n) is 18.5. The van der Waals surface area contributed by atoms with Gasteiger partial charge in [-0.05, 0) is 59.3 Å². The van der Waals surface area contributed by atoms with Crippen LogP contribution in [0.15, 0.2) is 72.8 Å². The van der Waals surface area contributed by atoms with E-state index in [1.54, 1.807) is 35.2 Å². The lowest BCUT2D eigenvalue weighted by atomic mass is 10.1. The minimum Gasteiger partial charge on any atom is -0.493 e. The third-order valence-electron chi connectivity index (χ3n) is 5.72. The second-order valence-electron chi connectivity index (χ2n) is 8.11. The number of nitrogens with zero attached hydrogens (tertiary/aromatic N) is 1. The highest BCUT2D eigenvalue weighted by atomic mass is 35.5. The smallest absolute Gasteiger partial charge is 0.286 e. The fourth-order valence-electron chi connectivity index (χ4n) is 4.04. The van der Waals surface area contributed by atoms with Gasteiger partial charge in [-0.1, -0.05) is 48.0 Å². The van der Waals surface area contributed by atoms with Crippen LogP contribution in [0.4, 0.5) is 10.5 Å². The van der Waals surface area contributed by atoms with Gasteiger partial charge < -0.3 is 14.4 Å². The van der Waals surface area contributed by atoms with Crippen LogP contribution < -0.4 is 19.7 Å². The first kappa shape index (κ1) is 23.3. The molecule has 178 valence electrons. The molecule has 1 saturated heterocycles. The van der Waals surface area contributed by atoms with E-state index in [1.807, 2.05) is 42.5 Å². The average molecular weight is 509 g/mol. The first-order valence-corrected chi connectivity index (χ1v) is 12.3. The average Bonchev–Trinajstić information content (AvgIpc) is 3.19. The number of ether oxygens (including phenoxy) is 2. The molecule has 7 nitrogen and oxygen atoms in total. The van der Waals surface area contributed by atoms with Crippen molar-refractivity contribution >= 4 is 46.1 Å². The molecule has 0 aliphatic carbocycles. The minimum absolute atomic E-state index is 0.142. The van der Waals surface area contributed by atoms with E-state index in [0.717, 1.165) is 28.6 Å². The van der Waals surface area contributed by atoms with Crippen molar-refractivity contribution in [1.82, 2.24) is 5.32 Å². The maximum atomic E-state index is 13.3. The van der Waals surface area contributed by atoms with E-state index in [9.17, 15) is 14.4 Å². The van der Waals surface area contributed by atoms with Crippen molar-refractivity contribution < 1.29 is 23.9 Å². The molecular weight excluding hydrogens is 488 g/mol. The van der Waals surface area contributed by atoms with Gasteiger partial charge in [0.1, 0.15) is 16.7 Å². The van der Waals surface area contributed by atoms with Gasteiger partial charge in [-0.2, -0.15) is 0 Å². The summed E-state index contributed by atoms with van der Waals surface area (Å²) < 4.78 is 11.8. The molecule has 2 atom stereocenters. The van der Waals surface area contributed by atoms with Crippen molar-refractivity contribution in [3.63, 3.8) is 0 Å². The van der Waals surface area contributed by atoms with Crippen LogP contribution in [0.5, 0.6) is 11.5 Å². The van der Waals surface area contributed by atoms with E-state index in [2.05, 4.69) is 5.32 Å². The molecule has 0 saturated carbocycles. The number of halogens is 1. The number of nitrogens with one attached hydrogen (secondary N) is 1. The fourth-order valence-corrected chi connectivity index (χ4v) is 5.08. The number of benzene rings is 3. The van der Waals surface area contributed by atoms with Crippen LogP contribution in [-0.4, -0.2) is 29.8 Å². The minimum atomic E-state index is -0.687. The van der Waals surface area contributed by atoms with Crippen molar-refractivity contribution in [2.45, 2.75) is 24.3 Å². The third-order valence-corrected chi connectivity index (χ3v) is 6.99. The van der Waals surface area contributed by atoms with E-state index < -0.39 is 11.4 Å². The van der Waals surface area contributed by atoms with Gasteiger partial charge in [0, 0.05) is 11.4 Å². The van der Waals surface area contributed by atoms with Gasteiger partial charge in [0.05, 0.1) is 18.8 Å². The summed E-state index contributed by atoms with van der Waals surface area (Å²) in [7, 11) is 0. The zero-order valence-corrected chi connectivity index (χ0v) is 20.1. The Kier molecular flexibility index (Phi) is 6.66. The van der Waals surface area contributed by atoms with Crippen LogP contribution in [0.3, 0.4) is 0 Å². The van der Waals surface area contributed by atoms with Crippen LogP contribution in [0.1, 0.15) is 22.8 Å². The Morgan fingerprint density at radius 3 is 2.54 bits per heavy atom. The highest BCUT2D eigenvalue weighted by molar-refractivity contribution is 8.15. The molecule has 0 bridgehead atoms. The number of fused-ring (bicyclic) bond motifs is 1. The van der Waals surface area contributed by atoms with E-state index in [-0.39, 0.29) is 23.7 Å². The summed E-state index contributed by atoms with van der Waals surface area (Å²) in [4.78, 5) is 38.3. The SMILES string of the molecule is O=C1NC(=O)C(c2ccc(OCCC3Oc4ccccc4N(Cc4cccc(Cl)c4)C3=O)cc2)S1. The summed E-state index contributed by atoms with van der Waals surface area (Å²) in [5.74, 6) is 0.786. The molecule has 2 aliphatic heterocycles. The molecule has 9 heteroatoms. The van der Waals surface area contributed by atoms with Gasteiger partial charge in [-0.25, -0.2) is 0 Å². The van der Waals surface area contributed by atoms with Crippen molar-refractivity contribution in [3.05, 3.63) is 88.9 Å². The summed E-state index contributed by atoms with van der Waals surface area (Å²) >= 11 is 7.09. The Bertz CT molecular complexity index is 1280. The molecule has 2 unspecified atom stereocenters. The molecule has 5 rings (SSSR count). The summed E-state index contributed by atoms with van der Waals surface area (Å²) in [6.07, 6.45) is -0.330. The molecule has 1 N–H and O–H groups in total. The van der Waals surface area contributed by atoms with Crippen molar-refractivity contribution in [1.29, 1.82) is 0 Å².